The molecular weight excluding hydrogens is 350 g/mol. The molecule has 0 aliphatic carbocycles. The number of benzene rings is 2. The zero-order valence-corrected chi connectivity index (χ0v) is 16.9. The molecule has 0 unspecified atom stereocenters. The minimum absolute atomic E-state index is 0.702. The van der Waals surface area contributed by atoms with Gasteiger partial charge in [-0.15, -0.1) is 0 Å². The summed E-state index contributed by atoms with van der Waals surface area (Å²) in [4.78, 5) is 7.33. The van der Waals surface area contributed by atoms with Gasteiger partial charge in [-0.3, -0.25) is 4.90 Å². The van der Waals surface area contributed by atoms with Gasteiger partial charge in [-0.2, -0.15) is 0 Å². The van der Waals surface area contributed by atoms with Crippen LogP contribution in [0.4, 0.5) is 0 Å². The van der Waals surface area contributed by atoms with Crippen LogP contribution < -0.4 is 4.74 Å². The SMILES string of the molecule is Cc1ccc(OCCCn2c(CN3CCOCC3)nc3ccccc32)c(C)c1. The molecule has 1 aromatic heterocycles. The van der Waals surface area contributed by atoms with E-state index in [-0.39, 0.29) is 0 Å². The lowest BCUT2D eigenvalue weighted by atomic mass is 10.1. The number of fused-ring (bicyclic) bond motifs is 1. The van der Waals surface area contributed by atoms with E-state index in [1.54, 1.807) is 0 Å². The first-order valence-electron chi connectivity index (χ1n) is 10.1. The van der Waals surface area contributed by atoms with Gasteiger partial charge in [0.05, 0.1) is 37.4 Å². The van der Waals surface area contributed by atoms with E-state index in [0.717, 1.165) is 62.9 Å². The van der Waals surface area contributed by atoms with Crippen LogP contribution in [-0.2, 0) is 17.8 Å². The largest absolute Gasteiger partial charge is 0.493 e. The number of imidazole rings is 1. The fraction of sp³-hybridized carbons (Fsp3) is 0.435. The lowest BCUT2D eigenvalue weighted by Crippen LogP contribution is -2.36. The van der Waals surface area contributed by atoms with Gasteiger partial charge in [0.2, 0.25) is 0 Å². The Balaban J connectivity index is 1.43. The minimum atomic E-state index is 0.702. The monoisotopic (exact) mass is 379 g/mol. The Hall–Kier alpha value is -2.37. The molecule has 2 heterocycles. The maximum absolute atomic E-state index is 6.03. The smallest absolute Gasteiger partial charge is 0.124 e. The van der Waals surface area contributed by atoms with Crippen LogP contribution in [0.15, 0.2) is 42.5 Å². The van der Waals surface area contributed by atoms with E-state index in [1.165, 1.54) is 16.6 Å². The van der Waals surface area contributed by atoms with Crippen LogP contribution in [0, 0.1) is 13.8 Å². The van der Waals surface area contributed by atoms with E-state index < -0.39 is 0 Å². The third-order valence-electron chi connectivity index (χ3n) is 5.32. The van der Waals surface area contributed by atoms with Gasteiger partial charge in [0, 0.05) is 19.6 Å². The normalized spacial score (nSPS) is 15.2. The molecule has 0 bridgehead atoms. The average Bonchev–Trinajstić information content (AvgIpc) is 3.04. The molecule has 0 radical (unpaired) electrons. The first-order chi connectivity index (χ1) is 13.7. The van der Waals surface area contributed by atoms with Crippen molar-refractivity contribution in [2.45, 2.75) is 33.4 Å². The number of morpholine rings is 1. The van der Waals surface area contributed by atoms with Gasteiger partial charge in [0.25, 0.3) is 0 Å². The van der Waals surface area contributed by atoms with Crippen LogP contribution >= 0.6 is 0 Å². The highest BCUT2D eigenvalue weighted by molar-refractivity contribution is 5.75. The van der Waals surface area contributed by atoms with E-state index in [1.807, 2.05) is 0 Å². The van der Waals surface area contributed by atoms with Crippen molar-refractivity contribution in [2.24, 2.45) is 0 Å². The van der Waals surface area contributed by atoms with Crippen molar-refractivity contribution < 1.29 is 9.47 Å². The third kappa shape index (κ3) is 4.37. The Morgan fingerprint density at radius 2 is 1.89 bits per heavy atom. The van der Waals surface area contributed by atoms with Crippen molar-refractivity contribution in [2.75, 3.05) is 32.9 Å². The van der Waals surface area contributed by atoms with Gasteiger partial charge in [0.1, 0.15) is 11.6 Å². The number of hydrogen-bond acceptors (Lipinski definition) is 4. The fourth-order valence-corrected chi connectivity index (χ4v) is 3.82. The Kier molecular flexibility index (Phi) is 5.93. The van der Waals surface area contributed by atoms with Gasteiger partial charge in [-0.05, 0) is 44.0 Å². The van der Waals surface area contributed by atoms with Crippen LogP contribution in [0.3, 0.4) is 0 Å². The lowest BCUT2D eigenvalue weighted by Gasteiger charge is -2.26. The maximum Gasteiger partial charge on any atom is 0.124 e. The molecular formula is C23H29N3O2. The number of aromatic nitrogens is 2. The number of aryl methyl sites for hydroxylation is 3. The van der Waals surface area contributed by atoms with Crippen molar-refractivity contribution in [1.82, 2.24) is 14.5 Å². The fourth-order valence-electron chi connectivity index (χ4n) is 3.82. The number of hydrogen-bond donors (Lipinski definition) is 0. The van der Waals surface area contributed by atoms with Gasteiger partial charge >= 0.3 is 0 Å². The van der Waals surface area contributed by atoms with Gasteiger partial charge in [0.15, 0.2) is 0 Å². The standard InChI is InChI=1S/C23H29N3O2/c1-18-8-9-22(19(2)16-18)28-13-5-10-26-21-7-4-3-6-20(21)24-23(26)17-25-11-14-27-15-12-25/h3-4,6-9,16H,5,10-15,17H2,1-2H3. The lowest BCUT2D eigenvalue weighted by molar-refractivity contribution is 0.0326. The molecule has 3 aromatic rings. The summed E-state index contributed by atoms with van der Waals surface area (Å²) in [5.74, 6) is 2.12. The molecule has 1 aliphatic heterocycles. The molecule has 2 aromatic carbocycles. The van der Waals surface area contributed by atoms with Crippen molar-refractivity contribution in [3.63, 3.8) is 0 Å². The molecule has 5 nitrogen and oxygen atoms in total. The van der Waals surface area contributed by atoms with Gasteiger partial charge in [-0.25, -0.2) is 4.98 Å². The van der Waals surface area contributed by atoms with Crippen LogP contribution in [0.5, 0.6) is 5.75 Å². The molecule has 0 atom stereocenters. The second-order valence-corrected chi connectivity index (χ2v) is 7.53. The molecule has 1 saturated heterocycles. The van der Waals surface area contributed by atoms with E-state index in [4.69, 9.17) is 14.5 Å². The summed E-state index contributed by atoms with van der Waals surface area (Å²) < 4.78 is 13.9. The van der Waals surface area contributed by atoms with Crippen molar-refractivity contribution in [3.05, 3.63) is 59.4 Å². The van der Waals surface area contributed by atoms with Crippen molar-refractivity contribution in [1.29, 1.82) is 0 Å². The van der Waals surface area contributed by atoms with Crippen LogP contribution in [0.25, 0.3) is 11.0 Å². The van der Waals surface area contributed by atoms with Gasteiger partial charge in [-0.1, -0.05) is 29.8 Å². The molecule has 0 saturated carbocycles. The highest BCUT2D eigenvalue weighted by Gasteiger charge is 2.16. The van der Waals surface area contributed by atoms with Crippen molar-refractivity contribution in [3.8, 4) is 5.75 Å². The second kappa shape index (κ2) is 8.76. The number of rotatable bonds is 7. The first-order valence-corrected chi connectivity index (χ1v) is 10.1. The molecule has 1 aliphatic rings. The highest BCUT2D eigenvalue weighted by atomic mass is 16.5. The summed E-state index contributed by atoms with van der Waals surface area (Å²) in [6.07, 6.45) is 0.948. The van der Waals surface area contributed by atoms with E-state index >= 15 is 0 Å². The Morgan fingerprint density at radius 3 is 2.71 bits per heavy atom. The molecule has 0 spiro atoms. The van der Waals surface area contributed by atoms with E-state index in [2.05, 4.69) is 65.8 Å². The zero-order chi connectivity index (χ0) is 19.3. The molecule has 5 heteroatoms. The molecule has 4 rings (SSSR count). The summed E-state index contributed by atoms with van der Waals surface area (Å²) in [7, 11) is 0. The van der Waals surface area contributed by atoms with Gasteiger partial charge < -0.3 is 14.0 Å². The zero-order valence-electron chi connectivity index (χ0n) is 16.9. The summed E-state index contributed by atoms with van der Waals surface area (Å²) in [6, 6.07) is 14.7. The first kappa shape index (κ1) is 19.0. The predicted octanol–water partition coefficient (Wildman–Crippen LogP) is 3.95. The summed E-state index contributed by atoms with van der Waals surface area (Å²) in [5.41, 5.74) is 4.74. The third-order valence-corrected chi connectivity index (χ3v) is 5.32. The minimum Gasteiger partial charge on any atom is -0.493 e. The molecule has 0 amide bonds. The quantitative estimate of drug-likeness (QED) is 0.583. The summed E-state index contributed by atoms with van der Waals surface area (Å²) in [6.45, 7) is 10.3. The van der Waals surface area contributed by atoms with Crippen LogP contribution in [-0.4, -0.2) is 47.4 Å². The highest BCUT2D eigenvalue weighted by Crippen LogP contribution is 2.20. The Bertz CT molecular complexity index is 929. The number of nitrogens with zero attached hydrogens (tertiary/aromatic N) is 3. The molecule has 28 heavy (non-hydrogen) atoms. The topological polar surface area (TPSA) is 39.5 Å². The van der Waals surface area contributed by atoms with Crippen molar-refractivity contribution >= 4 is 11.0 Å². The van der Waals surface area contributed by atoms with Crippen LogP contribution in [0.1, 0.15) is 23.4 Å². The van der Waals surface area contributed by atoms with Crippen LogP contribution in [0.2, 0.25) is 0 Å². The second-order valence-electron chi connectivity index (χ2n) is 7.53. The molecule has 1 fully saturated rings. The summed E-state index contributed by atoms with van der Waals surface area (Å²) in [5, 5.41) is 0. The van der Waals surface area contributed by atoms with E-state index in [0.29, 0.717) is 6.61 Å². The predicted molar refractivity (Wildman–Crippen MR) is 112 cm³/mol. The summed E-state index contributed by atoms with van der Waals surface area (Å²) >= 11 is 0. The molecule has 148 valence electrons. The average molecular weight is 380 g/mol. The number of para-hydroxylation sites is 2. The number of ether oxygens (including phenoxy) is 2. The Labute approximate surface area is 166 Å². The molecule has 0 N–H and O–H groups in total. The Morgan fingerprint density at radius 1 is 1.07 bits per heavy atom. The van der Waals surface area contributed by atoms with E-state index in [9.17, 15) is 0 Å². The maximum atomic E-state index is 6.03.